The van der Waals surface area contributed by atoms with E-state index in [-0.39, 0.29) is 10.2 Å². The van der Waals surface area contributed by atoms with Gasteiger partial charge in [0.15, 0.2) is 0 Å². The largest absolute Gasteiger partial charge is 0.495 e. The second kappa shape index (κ2) is 5.42. The highest BCUT2D eigenvalue weighted by Gasteiger charge is 2.28. The topological polar surface area (TPSA) is 72.5 Å². The minimum absolute atomic E-state index is 0.0510. The van der Waals surface area contributed by atoms with E-state index in [0.717, 1.165) is 6.07 Å². The van der Waals surface area contributed by atoms with Gasteiger partial charge in [-0.05, 0) is 15.9 Å². The number of nitrogens with two attached hydrogens (primary N) is 1. The summed E-state index contributed by atoms with van der Waals surface area (Å²) < 4.78 is 32.0. The summed E-state index contributed by atoms with van der Waals surface area (Å²) in [5.74, 6) is -4.88. The molecule has 3 N–H and O–H groups in total. The third-order valence-corrected chi connectivity index (χ3v) is 3.00. The standard InChI is InChI=1S/C10H10BrF2NO3/c1-17-6-2-5(12)7(9(13)8(6)11)4(3-14)10(15)16/h2,4H,3,14H2,1H3,(H,15,16). The summed E-state index contributed by atoms with van der Waals surface area (Å²) in [5.41, 5.74) is 4.63. The van der Waals surface area contributed by atoms with Gasteiger partial charge in [0.1, 0.15) is 17.4 Å². The first kappa shape index (κ1) is 13.9. The molecule has 1 atom stereocenters. The molecule has 0 aromatic heterocycles. The van der Waals surface area contributed by atoms with Crippen LogP contribution in [0.5, 0.6) is 5.75 Å². The van der Waals surface area contributed by atoms with Crippen LogP contribution in [0.3, 0.4) is 0 Å². The van der Waals surface area contributed by atoms with Crippen molar-refractivity contribution in [1.82, 2.24) is 0 Å². The van der Waals surface area contributed by atoms with Crippen LogP contribution in [0.2, 0.25) is 0 Å². The zero-order chi connectivity index (χ0) is 13.2. The summed E-state index contributed by atoms with van der Waals surface area (Å²) in [6.07, 6.45) is 0. The number of rotatable bonds is 4. The van der Waals surface area contributed by atoms with E-state index in [9.17, 15) is 13.6 Å². The Bertz CT molecular complexity index is 454. The van der Waals surface area contributed by atoms with Crippen LogP contribution >= 0.6 is 15.9 Å². The van der Waals surface area contributed by atoms with Crippen LogP contribution in [0.4, 0.5) is 8.78 Å². The monoisotopic (exact) mass is 309 g/mol. The first-order valence-corrected chi connectivity index (χ1v) is 5.37. The van der Waals surface area contributed by atoms with Crippen LogP contribution in [0.25, 0.3) is 0 Å². The Morgan fingerprint density at radius 1 is 1.65 bits per heavy atom. The fraction of sp³-hybridized carbons (Fsp3) is 0.300. The third kappa shape index (κ3) is 2.55. The van der Waals surface area contributed by atoms with Crippen molar-refractivity contribution in [3.05, 3.63) is 27.7 Å². The molecule has 1 aromatic rings. The van der Waals surface area contributed by atoms with E-state index >= 15 is 0 Å². The van der Waals surface area contributed by atoms with Crippen LogP contribution in [0.1, 0.15) is 11.5 Å². The lowest BCUT2D eigenvalue weighted by Gasteiger charge is -2.15. The molecule has 0 amide bonds. The van der Waals surface area contributed by atoms with Crippen molar-refractivity contribution < 1.29 is 23.4 Å². The number of hydrogen-bond donors (Lipinski definition) is 2. The second-order valence-corrected chi connectivity index (χ2v) is 4.02. The van der Waals surface area contributed by atoms with Gasteiger partial charge in [0.05, 0.1) is 17.5 Å². The lowest BCUT2D eigenvalue weighted by atomic mass is 9.98. The van der Waals surface area contributed by atoms with E-state index in [1.807, 2.05) is 0 Å². The highest BCUT2D eigenvalue weighted by Crippen LogP contribution is 2.35. The minimum Gasteiger partial charge on any atom is -0.495 e. The molecule has 0 fully saturated rings. The third-order valence-electron chi connectivity index (χ3n) is 2.26. The number of hydrogen-bond acceptors (Lipinski definition) is 3. The molecule has 0 aliphatic rings. The predicted octanol–water partition coefficient (Wildman–Crippen LogP) is 1.86. The van der Waals surface area contributed by atoms with Gasteiger partial charge in [0.2, 0.25) is 0 Å². The number of methoxy groups -OCH3 is 1. The molecule has 0 saturated heterocycles. The second-order valence-electron chi connectivity index (χ2n) is 3.23. The molecule has 4 nitrogen and oxygen atoms in total. The molecular formula is C10H10BrF2NO3. The van der Waals surface area contributed by atoms with Gasteiger partial charge in [-0.25, -0.2) is 8.78 Å². The van der Waals surface area contributed by atoms with E-state index in [0.29, 0.717) is 0 Å². The molecule has 1 rings (SSSR count). The predicted molar refractivity (Wildman–Crippen MR) is 60.0 cm³/mol. The zero-order valence-corrected chi connectivity index (χ0v) is 10.4. The van der Waals surface area contributed by atoms with Gasteiger partial charge < -0.3 is 15.6 Å². The van der Waals surface area contributed by atoms with Crippen molar-refractivity contribution in [1.29, 1.82) is 0 Å². The van der Waals surface area contributed by atoms with Crippen molar-refractivity contribution in [3.8, 4) is 5.75 Å². The fourth-order valence-corrected chi connectivity index (χ4v) is 1.89. The number of halogens is 3. The molecule has 0 aliphatic carbocycles. The molecule has 0 heterocycles. The van der Waals surface area contributed by atoms with Crippen molar-refractivity contribution in [2.75, 3.05) is 13.7 Å². The van der Waals surface area contributed by atoms with Gasteiger partial charge in [0, 0.05) is 18.2 Å². The molecule has 0 spiro atoms. The number of aliphatic carboxylic acids is 1. The lowest BCUT2D eigenvalue weighted by Crippen LogP contribution is -2.23. The van der Waals surface area contributed by atoms with Crippen LogP contribution < -0.4 is 10.5 Å². The maximum atomic E-state index is 13.8. The molecule has 0 bridgehead atoms. The van der Waals surface area contributed by atoms with Gasteiger partial charge in [-0.15, -0.1) is 0 Å². The van der Waals surface area contributed by atoms with Crippen molar-refractivity contribution in [2.24, 2.45) is 5.73 Å². The van der Waals surface area contributed by atoms with Crippen LogP contribution in [0.15, 0.2) is 10.5 Å². The number of ether oxygens (including phenoxy) is 1. The van der Waals surface area contributed by atoms with Crippen molar-refractivity contribution in [3.63, 3.8) is 0 Å². The first-order chi connectivity index (χ1) is 7.93. The zero-order valence-electron chi connectivity index (χ0n) is 8.84. The van der Waals surface area contributed by atoms with Crippen molar-refractivity contribution in [2.45, 2.75) is 5.92 Å². The Hall–Kier alpha value is -1.21. The highest BCUT2D eigenvalue weighted by atomic mass is 79.9. The molecule has 0 radical (unpaired) electrons. The van der Waals surface area contributed by atoms with E-state index in [2.05, 4.69) is 15.9 Å². The minimum atomic E-state index is -1.43. The Morgan fingerprint density at radius 3 is 2.65 bits per heavy atom. The number of carbonyl (C=O) groups is 1. The molecule has 0 aliphatic heterocycles. The maximum Gasteiger partial charge on any atom is 0.312 e. The Balaban J connectivity index is 3.44. The highest BCUT2D eigenvalue weighted by molar-refractivity contribution is 9.10. The fourth-order valence-electron chi connectivity index (χ4n) is 1.40. The average molecular weight is 310 g/mol. The summed E-state index contributed by atoms with van der Waals surface area (Å²) in [7, 11) is 1.25. The maximum absolute atomic E-state index is 13.8. The summed E-state index contributed by atoms with van der Waals surface area (Å²) in [6.45, 7) is -0.401. The summed E-state index contributed by atoms with van der Waals surface area (Å²) >= 11 is 2.87. The summed E-state index contributed by atoms with van der Waals surface area (Å²) in [5, 5.41) is 8.83. The quantitative estimate of drug-likeness (QED) is 0.833. The van der Waals surface area contributed by atoms with Crippen LogP contribution in [-0.4, -0.2) is 24.7 Å². The van der Waals surface area contributed by atoms with Crippen molar-refractivity contribution >= 4 is 21.9 Å². The van der Waals surface area contributed by atoms with E-state index < -0.39 is 35.6 Å². The molecule has 0 saturated carbocycles. The molecule has 94 valence electrons. The molecular weight excluding hydrogens is 300 g/mol. The Morgan fingerprint density at radius 2 is 2.24 bits per heavy atom. The molecule has 17 heavy (non-hydrogen) atoms. The van der Waals surface area contributed by atoms with E-state index in [1.165, 1.54) is 7.11 Å². The van der Waals surface area contributed by atoms with Crippen LogP contribution in [0, 0.1) is 11.6 Å². The number of benzene rings is 1. The average Bonchev–Trinajstić information content (AvgIpc) is 2.28. The van der Waals surface area contributed by atoms with Gasteiger partial charge in [-0.3, -0.25) is 4.79 Å². The Labute approximate surface area is 104 Å². The van der Waals surface area contributed by atoms with Gasteiger partial charge in [-0.2, -0.15) is 0 Å². The molecule has 7 heteroatoms. The van der Waals surface area contributed by atoms with Gasteiger partial charge >= 0.3 is 5.97 Å². The lowest BCUT2D eigenvalue weighted by molar-refractivity contribution is -0.138. The number of carboxylic acids is 1. The van der Waals surface area contributed by atoms with Crippen LogP contribution in [-0.2, 0) is 4.79 Å². The molecule has 1 unspecified atom stereocenters. The van der Waals surface area contributed by atoms with E-state index in [1.54, 1.807) is 0 Å². The van der Waals surface area contributed by atoms with Gasteiger partial charge in [0.25, 0.3) is 0 Å². The smallest absolute Gasteiger partial charge is 0.312 e. The van der Waals surface area contributed by atoms with Gasteiger partial charge in [-0.1, -0.05) is 0 Å². The molecule has 1 aromatic carbocycles. The normalized spacial score (nSPS) is 12.3. The summed E-state index contributed by atoms with van der Waals surface area (Å²) in [6, 6.07) is 0.911. The summed E-state index contributed by atoms with van der Waals surface area (Å²) in [4.78, 5) is 10.8. The van der Waals surface area contributed by atoms with E-state index in [4.69, 9.17) is 15.6 Å². The first-order valence-electron chi connectivity index (χ1n) is 4.58. The Kier molecular flexibility index (Phi) is 4.41. The number of carboxylic acid groups (broad SMARTS) is 1. The SMILES string of the molecule is COc1cc(F)c(C(CN)C(=O)O)c(F)c1Br.